The first-order valence-corrected chi connectivity index (χ1v) is 7.99. The molecule has 4 heteroatoms. The summed E-state index contributed by atoms with van der Waals surface area (Å²) in [6, 6.07) is 16.5. The van der Waals surface area contributed by atoms with Gasteiger partial charge in [-0.3, -0.25) is 4.98 Å². The van der Waals surface area contributed by atoms with Crippen LogP contribution in [0.4, 0.5) is 5.69 Å². The fourth-order valence-electron chi connectivity index (χ4n) is 3.00. The van der Waals surface area contributed by atoms with Gasteiger partial charge in [-0.05, 0) is 47.9 Å². The van der Waals surface area contributed by atoms with E-state index in [-0.39, 0.29) is 0 Å². The Labute approximate surface area is 140 Å². The van der Waals surface area contributed by atoms with Gasteiger partial charge in [0.25, 0.3) is 0 Å². The van der Waals surface area contributed by atoms with Crippen molar-refractivity contribution in [3.63, 3.8) is 0 Å². The molecule has 118 valence electrons. The summed E-state index contributed by atoms with van der Waals surface area (Å²) in [5.41, 5.74) is 11.2. The fraction of sp³-hybridized carbons (Fsp3) is 0.100. The monoisotopic (exact) mass is 314 g/mol. The molecule has 4 nitrogen and oxygen atoms in total. The summed E-state index contributed by atoms with van der Waals surface area (Å²) >= 11 is 0. The van der Waals surface area contributed by atoms with Crippen LogP contribution in [-0.4, -0.2) is 14.5 Å². The van der Waals surface area contributed by atoms with Gasteiger partial charge in [0.15, 0.2) is 0 Å². The maximum atomic E-state index is 5.97. The van der Waals surface area contributed by atoms with E-state index in [9.17, 15) is 0 Å². The Morgan fingerprint density at radius 2 is 1.96 bits per heavy atom. The van der Waals surface area contributed by atoms with Crippen LogP contribution >= 0.6 is 0 Å². The number of aryl methyl sites for hydroxylation is 2. The lowest BCUT2D eigenvalue weighted by Gasteiger charge is -2.11. The summed E-state index contributed by atoms with van der Waals surface area (Å²) in [6.45, 7) is 0.905. The highest BCUT2D eigenvalue weighted by Crippen LogP contribution is 2.30. The number of benzene rings is 2. The van der Waals surface area contributed by atoms with Crippen molar-refractivity contribution in [1.29, 1.82) is 0 Å². The summed E-state index contributed by atoms with van der Waals surface area (Å²) < 4.78 is 2.09. The van der Waals surface area contributed by atoms with Crippen molar-refractivity contribution >= 4 is 16.6 Å². The lowest BCUT2D eigenvalue weighted by atomic mass is 9.97. The van der Waals surface area contributed by atoms with Gasteiger partial charge in [0.2, 0.25) is 0 Å². The number of hydrogen-bond donors (Lipinski definition) is 1. The van der Waals surface area contributed by atoms with Gasteiger partial charge in [-0.25, -0.2) is 4.98 Å². The molecule has 24 heavy (non-hydrogen) atoms. The quantitative estimate of drug-likeness (QED) is 0.581. The Morgan fingerprint density at radius 1 is 1.00 bits per heavy atom. The highest BCUT2D eigenvalue weighted by Gasteiger charge is 2.08. The number of anilines is 1. The Kier molecular flexibility index (Phi) is 3.71. The van der Waals surface area contributed by atoms with Crippen LogP contribution in [0.15, 0.2) is 73.4 Å². The maximum absolute atomic E-state index is 5.97. The van der Waals surface area contributed by atoms with E-state index in [0.29, 0.717) is 0 Å². The first kappa shape index (κ1) is 14.5. The van der Waals surface area contributed by atoms with Gasteiger partial charge in [-0.1, -0.05) is 18.2 Å². The number of hydrogen-bond acceptors (Lipinski definition) is 3. The third-order valence-electron chi connectivity index (χ3n) is 4.18. The molecule has 0 fully saturated rings. The predicted octanol–water partition coefficient (Wildman–Crippen LogP) is 3.92. The van der Waals surface area contributed by atoms with Crippen molar-refractivity contribution in [3.8, 4) is 11.1 Å². The van der Waals surface area contributed by atoms with Crippen molar-refractivity contribution in [3.05, 3.63) is 79.0 Å². The van der Waals surface area contributed by atoms with Gasteiger partial charge in [-0.15, -0.1) is 0 Å². The Morgan fingerprint density at radius 3 is 2.79 bits per heavy atom. The van der Waals surface area contributed by atoms with Crippen molar-refractivity contribution in [1.82, 2.24) is 14.5 Å². The van der Waals surface area contributed by atoms with Gasteiger partial charge >= 0.3 is 0 Å². The minimum Gasteiger partial charge on any atom is -0.399 e. The lowest BCUT2D eigenvalue weighted by molar-refractivity contribution is 0.696. The standard InChI is InChI=1S/C20H18N4/c21-18-5-1-3-16(13-18)19-12-15(6-9-24-10-8-22-14-24)11-17-4-2-7-23-20(17)19/h1-5,7-8,10-14H,6,9,21H2. The SMILES string of the molecule is Nc1cccc(-c2cc(CCn3ccnc3)cc3cccnc23)c1. The van der Waals surface area contributed by atoms with Crippen LogP contribution in [0, 0.1) is 0 Å². The molecule has 0 atom stereocenters. The van der Waals surface area contributed by atoms with E-state index in [1.54, 1.807) is 0 Å². The van der Waals surface area contributed by atoms with Gasteiger partial charge in [-0.2, -0.15) is 0 Å². The molecular formula is C20H18N4. The van der Waals surface area contributed by atoms with Gasteiger partial charge < -0.3 is 10.3 Å². The molecule has 2 N–H and O–H groups in total. The van der Waals surface area contributed by atoms with E-state index in [0.717, 1.165) is 40.7 Å². The highest BCUT2D eigenvalue weighted by molar-refractivity contribution is 5.94. The molecule has 4 rings (SSSR count). The number of nitrogens with zero attached hydrogens (tertiary/aromatic N) is 3. The largest absolute Gasteiger partial charge is 0.399 e. The molecule has 0 saturated carbocycles. The number of nitrogens with two attached hydrogens (primary N) is 1. The minimum atomic E-state index is 0.764. The zero-order chi connectivity index (χ0) is 16.4. The molecule has 0 aliphatic carbocycles. The van der Waals surface area contributed by atoms with Gasteiger partial charge in [0.05, 0.1) is 11.8 Å². The third kappa shape index (κ3) is 2.86. The lowest BCUT2D eigenvalue weighted by Crippen LogP contribution is -1.99. The van der Waals surface area contributed by atoms with Crippen molar-refractivity contribution in [2.75, 3.05) is 5.73 Å². The molecular weight excluding hydrogens is 296 g/mol. The van der Waals surface area contributed by atoms with Crippen molar-refractivity contribution in [2.45, 2.75) is 13.0 Å². The van der Waals surface area contributed by atoms with Crippen LogP contribution in [0.25, 0.3) is 22.0 Å². The van der Waals surface area contributed by atoms with Gasteiger partial charge in [0, 0.05) is 41.8 Å². The van der Waals surface area contributed by atoms with E-state index in [1.165, 1.54) is 5.56 Å². The Bertz CT molecular complexity index is 974. The third-order valence-corrected chi connectivity index (χ3v) is 4.18. The summed E-state index contributed by atoms with van der Waals surface area (Å²) in [5, 5.41) is 1.15. The molecule has 4 aromatic rings. The molecule has 2 aromatic heterocycles. The molecule has 2 aromatic carbocycles. The zero-order valence-corrected chi connectivity index (χ0v) is 13.3. The Hall–Kier alpha value is -3.14. The topological polar surface area (TPSA) is 56.7 Å². The van der Waals surface area contributed by atoms with Crippen LogP contribution < -0.4 is 5.73 Å². The number of pyridine rings is 1. The molecule has 0 amide bonds. The molecule has 0 aliphatic rings. The predicted molar refractivity (Wildman–Crippen MR) is 97.5 cm³/mol. The zero-order valence-electron chi connectivity index (χ0n) is 13.3. The van der Waals surface area contributed by atoms with E-state index in [4.69, 9.17) is 5.73 Å². The van der Waals surface area contributed by atoms with Crippen LogP contribution in [0.3, 0.4) is 0 Å². The summed E-state index contributed by atoms with van der Waals surface area (Å²) in [4.78, 5) is 8.68. The number of rotatable bonds is 4. The van der Waals surface area contributed by atoms with Crippen LogP contribution in [0.1, 0.15) is 5.56 Å². The fourth-order valence-corrected chi connectivity index (χ4v) is 3.00. The number of aromatic nitrogens is 3. The number of nitrogen functional groups attached to an aromatic ring is 1. The summed E-state index contributed by atoms with van der Waals surface area (Å²) in [5.74, 6) is 0. The van der Waals surface area contributed by atoms with Crippen LogP contribution in [0.5, 0.6) is 0 Å². The van der Waals surface area contributed by atoms with E-state index in [2.05, 4.69) is 38.8 Å². The first-order chi connectivity index (χ1) is 11.8. The first-order valence-electron chi connectivity index (χ1n) is 7.99. The molecule has 0 bridgehead atoms. The average Bonchev–Trinajstić information content (AvgIpc) is 3.13. The summed E-state index contributed by atoms with van der Waals surface area (Å²) in [7, 11) is 0. The smallest absolute Gasteiger partial charge is 0.0946 e. The van der Waals surface area contributed by atoms with Gasteiger partial charge in [0.1, 0.15) is 0 Å². The minimum absolute atomic E-state index is 0.764. The van der Waals surface area contributed by atoms with E-state index < -0.39 is 0 Å². The highest BCUT2D eigenvalue weighted by atomic mass is 15.0. The molecule has 0 unspecified atom stereocenters. The second-order valence-electron chi connectivity index (χ2n) is 5.89. The van der Waals surface area contributed by atoms with E-state index in [1.807, 2.05) is 49.2 Å². The molecule has 0 saturated heterocycles. The normalized spacial score (nSPS) is 11.0. The maximum Gasteiger partial charge on any atom is 0.0946 e. The molecule has 2 heterocycles. The Balaban J connectivity index is 1.78. The van der Waals surface area contributed by atoms with Crippen molar-refractivity contribution in [2.24, 2.45) is 0 Å². The second kappa shape index (κ2) is 6.16. The summed E-state index contributed by atoms with van der Waals surface area (Å²) in [6.07, 6.45) is 8.42. The number of imidazole rings is 1. The average molecular weight is 314 g/mol. The van der Waals surface area contributed by atoms with E-state index >= 15 is 0 Å². The second-order valence-corrected chi connectivity index (χ2v) is 5.89. The molecule has 0 radical (unpaired) electrons. The number of fused-ring (bicyclic) bond motifs is 1. The molecule has 0 spiro atoms. The van der Waals surface area contributed by atoms with Crippen LogP contribution in [0.2, 0.25) is 0 Å². The molecule has 0 aliphatic heterocycles. The van der Waals surface area contributed by atoms with Crippen LogP contribution in [-0.2, 0) is 13.0 Å². The van der Waals surface area contributed by atoms with Crippen molar-refractivity contribution < 1.29 is 0 Å².